The van der Waals surface area contributed by atoms with E-state index in [4.69, 9.17) is 28.9 Å². The fraction of sp³-hybridized carbons (Fsp3) is 0.500. The normalized spacial score (nSPS) is 13.8. The molecule has 0 spiro atoms. The number of thioether (sulfide) groups is 1. The Morgan fingerprint density at radius 1 is 1.35 bits per heavy atom. The number of rotatable bonds is 6. The zero-order chi connectivity index (χ0) is 15.5. The highest BCUT2D eigenvalue weighted by Crippen LogP contribution is 2.30. The third-order valence-corrected chi connectivity index (χ3v) is 6.61. The highest BCUT2D eigenvalue weighted by atomic mass is 35.5. The van der Waals surface area contributed by atoms with E-state index in [1.165, 1.54) is 16.4 Å². The van der Waals surface area contributed by atoms with Gasteiger partial charge in [0.1, 0.15) is 4.90 Å². The average molecular weight is 357 g/mol. The maximum Gasteiger partial charge on any atom is 0.244 e. The fourth-order valence-electron chi connectivity index (χ4n) is 1.66. The molecule has 0 aromatic heterocycles. The molecule has 114 valence electrons. The molecule has 1 rings (SSSR count). The minimum absolute atomic E-state index is 0.0412. The molecule has 0 aliphatic carbocycles. The lowest BCUT2D eigenvalue weighted by Crippen LogP contribution is -2.36. The van der Waals surface area contributed by atoms with Crippen LogP contribution in [0.25, 0.3) is 0 Å². The number of nitrogens with zero attached hydrogens (tertiary/aromatic N) is 1. The molecule has 0 fully saturated rings. The number of halogens is 2. The summed E-state index contributed by atoms with van der Waals surface area (Å²) in [5.41, 5.74) is 6.11. The summed E-state index contributed by atoms with van der Waals surface area (Å²) < 4.78 is 26.5. The molecule has 1 atom stereocenters. The molecule has 1 aromatic rings. The van der Waals surface area contributed by atoms with Crippen molar-refractivity contribution in [2.75, 3.05) is 19.1 Å². The van der Waals surface area contributed by atoms with Gasteiger partial charge in [-0.25, -0.2) is 8.42 Å². The van der Waals surface area contributed by atoms with E-state index in [1.807, 2.05) is 13.2 Å². The second-order valence-corrected chi connectivity index (χ2v) is 8.09. The highest BCUT2D eigenvalue weighted by Gasteiger charge is 2.28. The van der Waals surface area contributed by atoms with Crippen LogP contribution in [0.15, 0.2) is 17.0 Å². The predicted molar refractivity (Wildman–Crippen MR) is 87.1 cm³/mol. The van der Waals surface area contributed by atoms with Crippen LogP contribution >= 0.6 is 35.0 Å². The SMILES string of the molecule is CSCC(C)N(C)S(=O)(=O)c1cc(CN)c(Cl)cc1Cl. The van der Waals surface area contributed by atoms with Gasteiger partial charge in [0.15, 0.2) is 0 Å². The van der Waals surface area contributed by atoms with Crippen LogP contribution < -0.4 is 5.73 Å². The molecule has 0 aliphatic rings. The van der Waals surface area contributed by atoms with Gasteiger partial charge >= 0.3 is 0 Å². The number of hydrogen-bond acceptors (Lipinski definition) is 4. The molecule has 8 heteroatoms. The van der Waals surface area contributed by atoms with Crippen molar-refractivity contribution in [3.05, 3.63) is 27.7 Å². The predicted octanol–water partition coefficient (Wildman–Crippen LogP) is 2.82. The van der Waals surface area contributed by atoms with Crippen LogP contribution in [0.1, 0.15) is 12.5 Å². The second-order valence-electron chi connectivity index (χ2n) is 4.40. The number of nitrogens with two attached hydrogens (primary N) is 1. The monoisotopic (exact) mass is 356 g/mol. The van der Waals surface area contributed by atoms with Gasteiger partial charge in [-0.1, -0.05) is 23.2 Å². The maximum absolute atomic E-state index is 12.6. The van der Waals surface area contributed by atoms with Gasteiger partial charge in [0.2, 0.25) is 10.0 Å². The van der Waals surface area contributed by atoms with E-state index in [1.54, 1.807) is 18.8 Å². The molecule has 0 saturated heterocycles. The largest absolute Gasteiger partial charge is 0.326 e. The molecule has 0 amide bonds. The first kappa shape index (κ1) is 18.1. The molecule has 1 unspecified atom stereocenters. The quantitative estimate of drug-likeness (QED) is 0.850. The Bertz CT molecular complexity index is 579. The Kier molecular flexibility index (Phi) is 6.63. The Hall–Kier alpha value is 0.0200. The minimum atomic E-state index is -3.67. The minimum Gasteiger partial charge on any atom is -0.326 e. The first-order valence-electron chi connectivity index (χ1n) is 5.90. The van der Waals surface area contributed by atoms with Gasteiger partial charge in [-0.3, -0.25) is 0 Å². The summed E-state index contributed by atoms with van der Waals surface area (Å²) >= 11 is 13.6. The number of hydrogen-bond donors (Lipinski definition) is 1. The van der Waals surface area contributed by atoms with Crippen LogP contribution in [0.2, 0.25) is 10.0 Å². The summed E-state index contributed by atoms with van der Waals surface area (Å²) in [5, 5.41) is 0.478. The van der Waals surface area contributed by atoms with E-state index in [2.05, 4.69) is 0 Å². The van der Waals surface area contributed by atoms with Crippen molar-refractivity contribution < 1.29 is 8.42 Å². The van der Waals surface area contributed by atoms with Gasteiger partial charge in [0.25, 0.3) is 0 Å². The van der Waals surface area contributed by atoms with E-state index in [0.717, 1.165) is 0 Å². The highest BCUT2D eigenvalue weighted by molar-refractivity contribution is 7.98. The van der Waals surface area contributed by atoms with Crippen LogP contribution in [-0.2, 0) is 16.6 Å². The number of sulfonamides is 1. The van der Waals surface area contributed by atoms with E-state index < -0.39 is 10.0 Å². The zero-order valence-corrected chi connectivity index (χ0v) is 14.7. The molecular formula is C12H18Cl2N2O2S2. The molecule has 0 heterocycles. The van der Waals surface area contributed by atoms with Crippen molar-refractivity contribution in [2.45, 2.75) is 24.4 Å². The van der Waals surface area contributed by atoms with E-state index in [9.17, 15) is 8.42 Å². The molecule has 2 N–H and O–H groups in total. The summed E-state index contributed by atoms with van der Waals surface area (Å²) in [5.74, 6) is 0.699. The lowest BCUT2D eigenvalue weighted by atomic mass is 10.2. The summed E-state index contributed by atoms with van der Waals surface area (Å²) in [7, 11) is -2.12. The molecular weight excluding hydrogens is 339 g/mol. The molecule has 20 heavy (non-hydrogen) atoms. The van der Waals surface area contributed by atoms with Crippen LogP contribution in [0.5, 0.6) is 0 Å². The Balaban J connectivity index is 3.28. The van der Waals surface area contributed by atoms with Crippen molar-refractivity contribution in [1.82, 2.24) is 4.31 Å². The van der Waals surface area contributed by atoms with E-state index >= 15 is 0 Å². The summed E-state index contributed by atoms with van der Waals surface area (Å²) in [6.45, 7) is 2.00. The first-order chi connectivity index (χ1) is 9.25. The van der Waals surface area contributed by atoms with Gasteiger partial charge < -0.3 is 5.73 Å². The Morgan fingerprint density at radius 3 is 2.45 bits per heavy atom. The van der Waals surface area contributed by atoms with Crippen molar-refractivity contribution in [1.29, 1.82) is 0 Å². The van der Waals surface area contributed by atoms with Gasteiger partial charge in [0.05, 0.1) is 5.02 Å². The standard InChI is InChI=1S/C12H18Cl2N2O2S2/c1-8(7-19-3)16(2)20(17,18)12-4-9(6-15)10(13)5-11(12)14/h4-5,8H,6-7,15H2,1-3H3. The zero-order valence-electron chi connectivity index (χ0n) is 11.6. The van der Waals surface area contributed by atoms with Gasteiger partial charge in [-0.05, 0) is 30.9 Å². The molecule has 0 aliphatic heterocycles. The summed E-state index contributed by atoms with van der Waals surface area (Å²) in [6, 6.07) is 2.73. The summed E-state index contributed by atoms with van der Waals surface area (Å²) in [6.07, 6.45) is 1.93. The second kappa shape index (κ2) is 7.33. The third-order valence-electron chi connectivity index (χ3n) is 3.01. The topological polar surface area (TPSA) is 63.4 Å². The molecule has 4 nitrogen and oxygen atoms in total. The van der Waals surface area contributed by atoms with Crippen LogP contribution in [0, 0.1) is 0 Å². The van der Waals surface area contributed by atoms with E-state index in [-0.39, 0.29) is 22.5 Å². The molecule has 1 aromatic carbocycles. The van der Waals surface area contributed by atoms with Gasteiger partial charge in [-0.2, -0.15) is 16.1 Å². The van der Waals surface area contributed by atoms with Crippen molar-refractivity contribution in [3.8, 4) is 0 Å². The first-order valence-corrected chi connectivity index (χ1v) is 9.49. The Morgan fingerprint density at radius 2 is 1.95 bits per heavy atom. The maximum atomic E-state index is 12.6. The lowest BCUT2D eigenvalue weighted by Gasteiger charge is -2.24. The average Bonchev–Trinajstić information content (AvgIpc) is 2.37. The smallest absolute Gasteiger partial charge is 0.244 e. The van der Waals surface area contributed by atoms with Crippen LogP contribution in [0.4, 0.5) is 0 Å². The molecule has 0 saturated carbocycles. The van der Waals surface area contributed by atoms with Crippen molar-refractivity contribution >= 4 is 45.0 Å². The molecule has 0 radical (unpaired) electrons. The summed E-state index contributed by atoms with van der Waals surface area (Å²) in [4.78, 5) is 0.0412. The third kappa shape index (κ3) is 3.81. The molecule has 0 bridgehead atoms. The van der Waals surface area contributed by atoms with Gasteiger partial charge in [-0.15, -0.1) is 0 Å². The van der Waals surface area contributed by atoms with Crippen LogP contribution in [0.3, 0.4) is 0 Å². The van der Waals surface area contributed by atoms with Crippen molar-refractivity contribution in [2.24, 2.45) is 5.73 Å². The van der Waals surface area contributed by atoms with Crippen LogP contribution in [-0.4, -0.2) is 37.8 Å². The van der Waals surface area contributed by atoms with E-state index in [0.29, 0.717) is 16.3 Å². The lowest BCUT2D eigenvalue weighted by molar-refractivity contribution is 0.415. The number of benzene rings is 1. The van der Waals surface area contributed by atoms with Crippen molar-refractivity contribution in [3.63, 3.8) is 0 Å². The van der Waals surface area contributed by atoms with Gasteiger partial charge in [0, 0.05) is 30.4 Å². The fourth-order valence-corrected chi connectivity index (χ4v) is 4.67. The Labute approximate surface area is 134 Å².